The summed E-state index contributed by atoms with van der Waals surface area (Å²) in [5, 5.41) is 17.8. The summed E-state index contributed by atoms with van der Waals surface area (Å²) in [6.45, 7) is 11.7. The maximum absolute atomic E-state index is 14.9. The Morgan fingerprint density at radius 3 is 0.859 bits per heavy atom. The van der Waals surface area contributed by atoms with Crippen LogP contribution in [0.3, 0.4) is 0 Å². The zero-order valence-electron chi connectivity index (χ0n) is 44.3. The van der Waals surface area contributed by atoms with E-state index in [1.54, 1.807) is 91.0 Å². The van der Waals surface area contributed by atoms with Gasteiger partial charge in [0.25, 0.3) is 17.7 Å². The number of carbonyl (C=O) groups excluding carboxylic acids is 6. The molecular formula is C54H63B3N12O9. The van der Waals surface area contributed by atoms with Crippen LogP contribution in [0.25, 0.3) is 0 Å². The summed E-state index contributed by atoms with van der Waals surface area (Å²) in [6.07, 6.45) is 13.1. The van der Waals surface area contributed by atoms with Crippen molar-refractivity contribution in [3.8, 4) is 0 Å². The summed E-state index contributed by atoms with van der Waals surface area (Å²) in [4.78, 5) is 110. The van der Waals surface area contributed by atoms with Gasteiger partial charge in [-0.1, -0.05) is 133 Å². The van der Waals surface area contributed by atoms with E-state index in [1.165, 1.54) is 55.8 Å². The van der Waals surface area contributed by atoms with Crippen molar-refractivity contribution in [3.05, 3.63) is 181 Å². The monoisotopic (exact) mass is 1060 g/mol. The van der Waals surface area contributed by atoms with E-state index in [9.17, 15) is 28.8 Å². The molecule has 1 saturated heterocycles. The van der Waals surface area contributed by atoms with Gasteiger partial charge in [-0.25, -0.2) is 15.0 Å². The molecule has 6 amide bonds. The first-order valence-electron chi connectivity index (χ1n) is 25.9. The van der Waals surface area contributed by atoms with E-state index in [0.717, 1.165) is 0 Å². The minimum atomic E-state index is -1.33. The van der Waals surface area contributed by atoms with Crippen LogP contribution < -0.4 is 31.9 Å². The molecule has 3 aromatic heterocycles. The molecule has 78 heavy (non-hydrogen) atoms. The zero-order valence-corrected chi connectivity index (χ0v) is 44.3. The summed E-state index contributed by atoms with van der Waals surface area (Å²) >= 11 is 0. The predicted octanol–water partition coefficient (Wildman–Crippen LogP) is 4.61. The lowest BCUT2D eigenvalue weighted by molar-refractivity contribution is -0.124. The van der Waals surface area contributed by atoms with Crippen molar-refractivity contribution < 1.29 is 42.5 Å². The van der Waals surface area contributed by atoms with Crippen LogP contribution in [0, 0.1) is 17.8 Å². The Labute approximate surface area is 454 Å². The van der Waals surface area contributed by atoms with Gasteiger partial charge in [0.1, 0.15) is 35.2 Å². The highest BCUT2D eigenvalue weighted by atomic mass is 16.7. The van der Waals surface area contributed by atoms with Gasteiger partial charge in [0.05, 0.1) is 36.4 Å². The van der Waals surface area contributed by atoms with Gasteiger partial charge >= 0.3 is 21.4 Å². The van der Waals surface area contributed by atoms with Gasteiger partial charge < -0.3 is 45.6 Å². The zero-order chi connectivity index (χ0) is 55.6. The fourth-order valence-electron chi connectivity index (χ4n) is 8.80. The average Bonchev–Trinajstić information content (AvgIpc) is 3.47. The average molecular weight is 1060 g/mol. The first-order valence-corrected chi connectivity index (χ1v) is 25.9. The Bertz CT molecular complexity index is 2580. The van der Waals surface area contributed by atoms with E-state index in [1.807, 2.05) is 41.5 Å². The van der Waals surface area contributed by atoms with Crippen molar-refractivity contribution in [2.75, 3.05) is 0 Å². The lowest BCUT2D eigenvalue weighted by Crippen LogP contribution is -2.68. The lowest BCUT2D eigenvalue weighted by Gasteiger charge is -2.41. The van der Waals surface area contributed by atoms with Crippen LogP contribution in [-0.4, -0.2) is 105 Å². The molecule has 24 heteroatoms. The van der Waals surface area contributed by atoms with Crippen LogP contribution in [0.1, 0.15) is 127 Å². The van der Waals surface area contributed by atoms with E-state index >= 15 is 0 Å². The molecule has 6 atom stereocenters. The van der Waals surface area contributed by atoms with Crippen molar-refractivity contribution >= 4 is 56.8 Å². The van der Waals surface area contributed by atoms with Crippen LogP contribution in [0.2, 0.25) is 0 Å². The molecule has 0 spiro atoms. The molecule has 402 valence electrons. The van der Waals surface area contributed by atoms with Crippen LogP contribution in [0.15, 0.2) is 147 Å². The number of carbonyl (C=O) groups is 6. The molecule has 3 aromatic carbocycles. The van der Waals surface area contributed by atoms with Crippen LogP contribution >= 0.6 is 0 Å². The molecule has 6 aromatic rings. The number of amides is 6. The topological polar surface area (TPSA) is 280 Å². The second-order valence-corrected chi connectivity index (χ2v) is 20.0. The molecule has 0 saturated carbocycles. The third kappa shape index (κ3) is 16.4. The Morgan fingerprint density at radius 2 is 0.641 bits per heavy atom. The molecule has 7 rings (SSSR count). The quantitative estimate of drug-likeness (QED) is 0.0452. The van der Waals surface area contributed by atoms with Crippen LogP contribution in [0.5, 0.6) is 0 Å². The van der Waals surface area contributed by atoms with Gasteiger partial charge in [-0.15, -0.1) is 0 Å². The maximum atomic E-state index is 14.9. The second kappa shape index (κ2) is 28.3. The molecule has 6 N–H and O–H groups in total. The van der Waals surface area contributed by atoms with E-state index in [-0.39, 0.29) is 54.1 Å². The van der Waals surface area contributed by atoms with Crippen LogP contribution in [0.4, 0.5) is 0 Å². The lowest BCUT2D eigenvalue weighted by atomic mass is 9.58. The minimum absolute atomic E-state index is 0.00570. The van der Waals surface area contributed by atoms with Crippen molar-refractivity contribution in [2.45, 2.75) is 96.8 Å². The summed E-state index contributed by atoms with van der Waals surface area (Å²) in [7, 11) is -3.98. The summed E-state index contributed by atoms with van der Waals surface area (Å²) in [5.41, 5.74) is 1.39. The van der Waals surface area contributed by atoms with E-state index in [2.05, 4.69) is 61.8 Å². The molecule has 4 heterocycles. The molecule has 0 radical (unpaired) electrons. The number of hydrogen-bond donors (Lipinski definition) is 6. The molecule has 0 aliphatic carbocycles. The number of nitrogens with zero attached hydrogens (tertiary/aromatic N) is 6. The Kier molecular flexibility index (Phi) is 20.8. The first-order chi connectivity index (χ1) is 37.6. The van der Waals surface area contributed by atoms with Crippen molar-refractivity contribution in [3.63, 3.8) is 0 Å². The van der Waals surface area contributed by atoms with Gasteiger partial charge in [-0.3, -0.25) is 43.7 Å². The third-order valence-corrected chi connectivity index (χ3v) is 12.3. The summed E-state index contributed by atoms with van der Waals surface area (Å²) in [6, 6.07) is 22.4. The highest BCUT2D eigenvalue weighted by molar-refractivity contribution is 6.75. The fourth-order valence-corrected chi connectivity index (χ4v) is 8.80. The smallest absolute Gasteiger partial charge is 0.450 e. The molecule has 0 unspecified atom stereocenters. The number of nitrogens with one attached hydrogen (secondary N) is 6. The minimum Gasteiger partial charge on any atom is -0.450 e. The summed E-state index contributed by atoms with van der Waals surface area (Å²) < 4.78 is 20.5. The van der Waals surface area contributed by atoms with E-state index in [4.69, 9.17) is 13.7 Å². The molecule has 21 nitrogen and oxygen atoms in total. The Hall–Kier alpha value is -8.21. The highest BCUT2D eigenvalue weighted by Gasteiger charge is 2.52. The van der Waals surface area contributed by atoms with Gasteiger partial charge in [-0.2, -0.15) is 0 Å². The van der Waals surface area contributed by atoms with Gasteiger partial charge in [-0.05, 0) is 53.7 Å². The highest BCUT2D eigenvalue weighted by Crippen LogP contribution is 2.26. The largest absolute Gasteiger partial charge is 0.453 e. The number of rotatable bonds is 24. The van der Waals surface area contributed by atoms with E-state index in [0.29, 0.717) is 16.7 Å². The van der Waals surface area contributed by atoms with Gasteiger partial charge in [0.15, 0.2) is 0 Å². The van der Waals surface area contributed by atoms with Gasteiger partial charge in [0.2, 0.25) is 17.7 Å². The fraction of sp³-hybridized carbons (Fsp3) is 0.333. The number of aromatic nitrogens is 6. The van der Waals surface area contributed by atoms with Crippen molar-refractivity contribution in [2.24, 2.45) is 17.8 Å². The third-order valence-electron chi connectivity index (χ3n) is 12.3. The Balaban J connectivity index is 1.27. The van der Waals surface area contributed by atoms with Crippen molar-refractivity contribution in [1.82, 2.24) is 61.8 Å². The molecule has 1 fully saturated rings. The second-order valence-electron chi connectivity index (χ2n) is 20.0. The number of hydrogen-bond acceptors (Lipinski definition) is 15. The SMILES string of the molecule is CC(C)C[C@@H](NC(=O)[C@H](NC(=O)c1cnccn1)c1ccccc1)B1OB([C@@H](CC(C)C)NC(=O)[C@H](NC(=O)c2cnccn2)c2ccccc2)OB([C@@H](CC(C)C)NC(=O)[C@H](NC(=O)c2cnccn2)c2ccccc2)O1. The van der Waals surface area contributed by atoms with Gasteiger partial charge in [0, 0.05) is 37.2 Å². The van der Waals surface area contributed by atoms with E-state index < -0.39 is 92.7 Å². The molecular weight excluding hydrogens is 993 g/mol. The maximum Gasteiger partial charge on any atom is 0.453 e. The van der Waals surface area contributed by atoms with Crippen molar-refractivity contribution in [1.29, 1.82) is 0 Å². The first kappa shape index (κ1) is 57.5. The normalized spacial score (nSPS) is 14.8. The Morgan fingerprint density at radius 1 is 0.385 bits per heavy atom. The van der Waals surface area contributed by atoms with Crippen LogP contribution in [-0.2, 0) is 28.1 Å². The molecule has 1 aliphatic rings. The standard InChI is InChI=1S/C54H63B3N12O9/c1-34(2)28-43(64-52(73)46(37-16-10-7-11-17-37)67-49(70)40-31-58-22-25-61-40)55-76-56(44(29-35(3)4)65-53(74)47(38-18-12-8-13-19-38)68-50(71)41-32-59-23-26-62-41)78-57(77-55)45(30-36(5)6)66-54(75)48(39-20-14-9-15-21-39)69-51(72)42-33-60-24-27-63-42/h7-27,31-36,43-48H,28-30H2,1-6H3,(H,64,73)(H,65,74)(H,66,75)(H,67,70)(H,68,71)(H,69,72)/t43-,44-,45-,46-,47-,48-/m1/s1. The molecule has 0 bridgehead atoms. The number of benzene rings is 3. The molecule has 1 aliphatic heterocycles. The summed E-state index contributed by atoms with van der Waals surface area (Å²) in [5.74, 6) is -6.88. The predicted molar refractivity (Wildman–Crippen MR) is 291 cm³/mol.